The molecule has 1 unspecified atom stereocenters. The minimum absolute atomic E-state index is 0.0688. The second-order valence-electron chi connectivity index (χ2n) is 4.02. The van der Waals surface area contributed by atoms with Crippen LogP contribution in [-0.2, 0) is 16.0 Å². The van der Waals surface area contributed by atoms with Crippen LogP contribution in [0.2, 0.25) is 0 Å². The second-order valence-corrected chi connectivity index (χ2v) is 4.02. The van der Waals surface area contributed by atoms with Gasteiger partial charge < -0.3 is 16.0 Å². The Hall–Kier alpha value is -1.88. The van der Waals surface area contributed by atoms with Crippen LogP contribution in [0.25, 0.3) is 0 Å². The van der Waals surface area contributed by atoms with Crippen LogP contribution >= 0.6 is 0 Å². The summed E-state index contributed by atoms with van der Waals surface area (Å²) in [5, 5.41) is 8.32. The van der Waals surface area contributed by atoms with Crippen LogP contribution in [0.15, 0.2) is 24.3 Å². The summed E-state index contributed by atoms with van der Waals surface area (Å²) in [4.78, 5) is 21.8. The lowest BCUT2D eigenvalue weighted by molar-refractivity contribution is -0.117. The van der Waals surface area contributed by atoms with Crippen molar-refractivity contribution in [2.75, 3.05) is 18.9 Å². The fourth-order valence-corrected chi connectivity index (χ4v) is 1.46. The van der Waals surface area contributed by atoms with Gasteiger partial charge >= 0.3 is 0 Å². The number of hydrogen-bond donors (Lipinski definition) is 3. The molecule has 0 aliphatic rings. The lowest BCUT2D eigenvalue weighted by Gasteiger charge is -2.11. The van der Waals surface area contributed by atoms with Gasteiger partial charge in [-0.3, -0.25) is 9.59 Å². The molecule has 2 amide bonds. The molecule has 0 aliphatic carbocycles. The number of benzene rings is 1. The fraction of sp³-hybridized carbons (Fsp3) is 0.385. The lowest BCUT2D eigenvalue weighted by Crippen LogP contribution is -2.35. The predicted molar refractivity (Wildman–Crippen MR) is 71.4 cm³/mol. The Labute approximate surface area is 107 Å². The molecule has 0 bridgehead atoms. The number of rotatable bonds is 7. The maximum absolute atomic E-state index is 11.7. The average Bonchev–Trinajstić information content (AvgIpc) is 2.38. The van der Waals surface area contributed by atoms with E-state index in [-0.39, 0.29) is 11.9 Å². The molecule has 18 heavy (non-hydrogen) atoms. The molecule has 1 aromatic carbocycles. The van der Waals surface area contributed by atoms with E-state index in [1.54, 1.807) is 14.0 Å². The molecule has 5 heteroatoms. The molecule has 0 saturated heterocycles. The van der Waals surface area contributed by atoms with Gasteiger partial charge in [0.15, 0.2) is 0 Å². The van der Waals surface area contributed by atoms with E-state index in [0.29, 0.717) is 13.0 Å². The molecule has 0 spiro atoms. The van der Waals surface area contributed by atoms with Gasteiger partial charge in [-0.2, -0.15) is 0 Å². The van der Waals surface area contributed by atoms with Crippen molar-refractivity contribution in [2.45, 2.75) is 19.4 Å². The highest BCUT2D eigenvalue weighted by atomic mass is 16.2. The van der Waals surface area contributed by atoms with E-state index in [9.17, 15) is 9.59 Å². The zero-order chi connectivity index (χ0) is 13.4. The molecule has 98 valence electrons. The van der Waals surface area contributed by atoms with Crippen molar-refractivity contribution in [3.63, 3.8) is 0 Å². The van der Waals surface area contributed by atoms with Gasteiger partial charge in [0.05, 0.1) is 6.04 Å². The Morgan fingerprint density at radius 1 is 1.44 bits per heavy atom. The van der Waals surface area contributed by atoms with Gasteiger partial charge in [-0.15, -0.1) is 0 Å². The summed E-state index contributed by atoms with van der Waals surface area (Å²) in [5.74, 6) is -0.0688. The van der Waals surface area contributed by atoms with Crippen LogP contribution in [0.4, 0.5) is 5.69 Å². The average molecular weight is 249 g/mol. The number of carbonyl (C=O) groups is 2. The summed E-state index contributed by atoms with van der Waals surface area (Å²) in [5.41, 5.74) is 1.84. The zero-order valence-corrected chi connectivity index (χ0v) is 10.7. The van der Waals surface area contributed by atoms with Crippen molar-refractivity contribution in [2.24, 2.45) is 0 Å². The standard InChI is InChI=1S/C13H19N3O2/c1-10(14-2)13(18)16-12-5-3-4-11(8-12)6-7-15-9-17/h3-5,8-10,14H,6-7H2,1-2H3,(H,15,17)(H,16,18). The number of likely N-dealkylation sites (N-methyl/N-ethyl adjacent to an activating group) is 1. The highest BCUT2D eigenvalue weighted by Crippen LogP contribution is 2.11. The maximum atomic E-state index is 11.7. The predicted octanol–water partition coefficient (Wildman–Crippen LogP) is 0.521. The number of hydrogen-bond acceptors (Lipinski definition) is 3. The summed E-state index contributed by atoms with van der Waals surface area (Å²) in [6.45, 7) is 2.39. The normalized spacial score (nSPS) is 11.7. The summed E-state index contributed by atoms with van der Waals surface area (Å²) in [6.07, 6.45) is 1.42. The number of anilines is 1. The molecule has 0 radical (unpaired) electrons. The smallest absolute Gasteiger partial charge is 0.241 e. The van der Waals surface area contributed by atoms with Gasteiger partial charge in [0.25, 0.3) is 0 Å². The third-order valence-electron chi connectivity index (χ3n) is 2.66. The monoisotopic (exact) mass is 249 g/mol. The Balaban J connectivity index is 2.58. The van der Waals surface area contributed by atoms with Crippen molar-refractivity contribution in [1.82, 2.24) is 10.6 Å². The summed E-state index contributed by atoms with van der Waals surface area (Å²) in [7, 11) is 1.74. The zero-order valence-electron chi connectivity index (χ0n) is 10.7. The lowest BCUT2D eigenvalue weighted by atomic mass is 10.1. The first-order valence-corrected chi connectivity index (χ1v) is 5.91. The number of carbonyl (C=O) groups excluding carboxylic acids is 2. The topological polar surface area (TPSA) is 70.2 Å². The van der Waals surface area contributed by atoms with Crippen LogP contribution in [0, 0.1) is 0 Å². The van der Waals surface area contributed by atoms with Crippen molar-refractivity contribution >= 4 is 18.0 Å². The van der Waals surface area contributed by atoms with E-state index in [4.69, 9.17) is 0 Å². The molecule has 0 heterocycles. The second kappa shape index (κ2) is 7.45. The summed E-state index contributed by atoms with van der Waals surface area (Å²) in [6, 6.07) is 7.37. The van der Waals surface area contributed by atoms with E-state index in [2.05, 4.69) is 16.0 Å². The van der Waals surface area contributed by atoms with Crippen molar-refractivity contribution in [3.8, 4) is 0 Å². The summed E-state index contributed by atoms with van der Waals surface area (Å²) >= 11 is 0. The summed E-state index contributed by atoms with van der Waals surface area (Å²) < 4.78 is 0. The minimum atomic E-state index is -0.231. The van der Waals surface area contributed by atoms with Gasteiger partial charge in [-0.05, 0) is 38.1 Å². The van der Waals surface area contributed by atoms with Crippen molar-refractivity contribution in [1.29, 1.82) is 0 Å². The van der Waals surface area contributed by atoms with Gasteiger partial charge in [0.1, 0.15) is 0 Å². The van der Waals surface area contributed by atoms with Crippen LogP contribution in [0.5, 0.6) is 0 Å². The SMILES string of the molecule is CNC(C)C(=O)Nc1cccc(CCNC=O)c1. The third kappa shape index (κ3) is 4.55. The van der Waals surface area contributed by atoms with Crippen LogP contribution in [-0.4, -0.2) is 32.0 Å². The molecule has 1 atom stereocenters. The van der Waals surface area contributed by atoms with Gasteiger partial charge in [-0.25, -0.2) is 0 Å². The Morgan fingerprint density at radius 2 is 2.22 bits per heavy atom. The molecule has 0 saturated carbocycles. The minimum Gasteiger partial charge on any atom is -0.358 e. The van der Waals surface area contributed by atoms with Crippen LogP contribution in [0.3, 0.4) is 0 Å². The first-order chi connectivity index (χ1) is 8.67. The maximum Gasteiger partial charge on any atom is 0.241 e. The highest BCUT2D eigenvalue weighted by molar-refractivity contribution is 5.94. The van der Waals surface area contributed by atoms with Gasteiger partial charge in [-0.1, -0.05) is 12.1 Å². The van der Waals surface area contributed by atoms with Crippen LogP contribution < -0.4 is 16.0 Å². The van der Waals surface area contributed by atoms with E-state index in [1.165, 1.54) is 0 Å². The van der Waals surface area contributed by atoms with Gasteiger partial charge in [0, 0.05) is 12.2 Å². The molecule has 0 aromatic heterocycles. The number of amides is 2. The van der Waals surface area contributed by atoms with Crippen LogP contribution in [0.1, 0.15) is 12.5 Å². The molecule has 1 rings (SSSR count). The molecule has 5 nitrogen and oxygen atoms in total. The largest absolute Gasteiger partial charge is 0.358 e. The number of nitrogens with one attached hydrogen (secondary N) is 3. The van der Waals surface area contributed by atoms with Crippen molar-refractivity contribution in [3.05, 3.63) is 29.8 Å². The highest BCUT2D eigenvalue weighted by Gasteiger charge is 2.09. The third-order valence-corrected chi connectivity index (χ3v) is 2.66. The fourth-order valence-electron chi connectivity index (χ4n) is 1.46. The van der Waals surface area contributed by atoms with E-state index >= 15 is 0 Å². The molecular formula is C13H19N3O2. The molecule has 1 aromatic rings. The Morgan fingerprint density at radius 3 is 2.89 bits per heavy atom. The quantitative estimate of drug-likeness (QED) is 0.487. The van der Waals surface area contributed by atoms with Crippen molar-refractivity contribution < 1.29 is 9.59 Å². The Kier molecular flexibility index (Phi) is 5.87. The van der Waals surface area contributed by atoms with Gasteiger partial charge in [0.2, 0.25) is 12.3 Å². The Bertz CT molecular complexity index is 407. The molecular weight excluding hydrogens is 230 g/mol. The first kappa shape index (κ1) is 14.2. The van der Waals surface area contributed by atoms with E-state index in [0.717, 1.165) is 17.7 Å². The molecule has 3 N–H and O–H groups in total. The molecule has 0 aliphatic heterocycles. The van der Waals surface area contributed by atoms with E-state index < -0.39 is 0 Å². The first-order valence-electron chi connectivity index (χ1n) is 5.91. The molecule has 0 fully saturated rings. The van der Waals surface area contributed by atoms with E-state index in [1.807, 2.05) is 24.3 Å².